The van der Waals surface area contributed by atoms with Gasteiger partial charge in [-0.05, 0) is 38.3 Å². The second-order valence-corrected chi connectivity index (χ2v) is 8.71. The lowest BCUT2D eigenvalue weighted by molar-refractivity contribution is -0.319. The van der Waals surface area contributed by atoms with Gasteiger partial charge in [0.25, 0.3) is 0 Å². The minimum absolute atomic E-state index is 0.0937. The first-order valence-corrected chi connectivity index (χ1v) is 9.60. The third kappa shape index (κ3) is 4.82. The third-order valence-electron chi connectivity index (χ3n) is 5.73. The Balaban J connectivity index is 1.44. The van der Waals surface area contributed by atoms with Crippen LogP contribution in [0.5, 0.6) is 0 Å². The molecule has 3 rings (SSSR count). The maximum absolute atomic E-state index is 10.9. The summed E-state index contributed by atoms with van der Waals surface area (Å²) in [5.74, 6) is -0.452. The second-order valence-electron chi connectivity index (χ2n) is 8.71. The van der Waals surface area contributed by atoms with Gasteiger partial charge >= 0.3 is 0 Å². The molecular formula is C21H33NO3. The number of aliphatic hydroxyl groups is 1. The maximum atomic E-state index is 10.9. The molecule has 1 atom stereocenters. The van der Waals surface area contributed by atoms with Crippen molar-refractivity contribution in [2.24, 2.45) is 5.41 Å². The lowest BCUT2D eigenvalue weighted by Gasteiger charge is -2.48. The molecule has 0 bridgehead atoms. The summed E-state index contributed by atoms with van der Waals surface area (Å²) in [7, 11) is 0. The largest absolute Gasteiger partial charge is 0.390 e. The van der Waals surface area contributed by atoms with E-state index in [2.05, 4.69) is 50.4 Å². The van der Waals surface area contributed by atoms with Crippen molar-refractivity contribution in [2.75, 3.05) is 19.8 Å². The number of rotatable bonds is 5. The van der Waals surface area contributed by atoms with Gasteiger partial charge in [-0.15, -0.1) is 0 Å². The molecule has 2 N–H and O–H groups in total. The predicted octanol–water partition coefficient (Wildman–Crippen LogP) is 3.80. The molecule has 1 aliphatic heterocycles. The van der Waals surface area contributed by atoms with Crippen LogP contribution < -0.4 is 5.32 Å². The highest BCUT2D eigenvalue weighted by molar-refractivity contribution is 5.18. The van der Waals surface area contributed by atoms with Crippen LogP contribution in [0, 0.1) is 5.41 Å². The Kier molecular flexibility index (Phi) is 5.54. The van der Waals surface area contributed by atoms with Gasteiger partial charge in [-0.2, -0.15) is 0 Å². The van der Waals surface area contributed by atoms with E-state index in [1.165, 1.54) is 5.56 Å². The van der Waals surface area contributed by atoms with E-state index in [0.717, 1.165) is 51.9 Å². The molecule has 4 nitrogen and oxygen atoms in total. The summed E-state index contributed by atoms with van der Waals surface area (Å²) < 4.78 is 12.1. The van der Waals surface area contributed by atoms with E-state index < -0.39 is 11.4 Å². The van der Waals surface area contributed by atoms with Gasteiger partial charge in [-0.1, -0.05) is 44.2 Å². The molecule has 0 amide bonds. The van der Waals surface area contributed by atoms with E-state index in [4.69, 9.17) is 9.47 Å². The Morgan fingerprint density at radius 1 is 1.04 bits per heavy atom. The van der Waals surface area contributed by atoms with Crippen molar-refractivity contribution in [1.82, 2.24) is 5.32 Å². The molecule has 140 valence electrons. The van der Waals surface area contributed by atoms with Crippen LogP contribution in [0.4, 0.5) is 0 Å². The molecule has 0 aromatic heterocycles. The van der Waals surface area contributed by atoms with Gasteiger partial charge in [-0.3, -0.25) is 0 Å². The first-order valence-electron chi connectivity index (χ1n) is 9.60. The monoisotopic (exact) mass is 347 g/mol. The fourth-order valence-corrected chi connectivity index (χ4v) is 3.75. The van der Waals surface area contributed by atoms with Gasteiger partial charge in [0.15, 0.2) is 5.79 Å². The zero-order valence-corrected chi connectivity index (χ0v) is 15.9. The van der Waals surface area contributed by atoms with Gasteiger partial charge < -0.3 is 19.9 Å². The summed E-state index contributed by atoms with van der Waals surface area (Å²) >= 11 is 0. The molecule has 1 aromatic rings. The highest BCUT2D eigenvalue weighted by Crippen LogP contribution is 2.43. The molecule has 25 heavy (non-hydrogen) atoms. The lowest BCUT2D eigenvalue weighted by Crippen LogP contribution is -2.52. The molecule has 1 aromatic carbocycles. The molecule has 1 spiro atoms. The summed E-state index contributed by atoms with van der Waals surface area (Å²) in [5.41, 5.74) is 0.772. The van der Waals surface area contributed by atoms with Crippen LogP contribution in [0.15, 0.2) is 30.3 Å². The van der Waals surface area contributed by atoms with E-state index in [1.807, 2.05) is 6.07 Å². The van der Waals surface area contributed by atoms with Crippen LogP contribution in [0.1, 0.15) is 64.5 Å². The Labute approximate surface area is 151 Å². The third-order valence-corrected chi connectivity index (χ3v) is 5.73. The van der Waals surface area contributed by atoms with Crippen molar-refractivity contribution in [1.29, 1.82) is 0 Å². The topological polar surface area (TPSA) is 50.7 Å². The van der Waals surface area contributed by atoms with Crippen LogP contribution in [-0.2, 0) is 9.47 Å². The first-order chi connectivity index (χ1) is 11.8. The number of nitrogens with one attached hydrogen (secondary N) is 1. The van der Waals surface area contributed by atoms with Crippen molar-refractivity contribution in [3.63, 3.8) is 0 Å². The Morgan fingerprint density at radius 3 is 2.24 bits per heavy atom. The molecule has 2 fully saturated rings. The molecule has 1 unspecified atom stereocenters. The van der Waals surface area contributed by atoms with E-state index in [-0.39, 0.29) is 5.41 Å². The van der Waals surface area contributed by atoms with E-state index in [1.54, 1.807) is 0 Å². The lowest BCUT2D eigenvalue weighted by atomic mass is 9.78. The van der Waals surface area contributed by atoms with Crippen LogP contribution >= 0.6 is 0 Å². The normalized spacial score (nSPS) is 25.6. The predicted molar refractivity (Wildman–Crippen MR) is 99.3 cm³/mol. The first kappa shape index (κ1) is 18.8. The zero-order valence-electron chi connectivity index (χ0n) is 15.9. The van der Waals surface area contributed by atoms with Crippen molar-refractivity contribution in [3.8, 4) is 0 Å². The number of benzene rings is 1. The van der Waals surface area contributed by atoms with Crippen molar-refractivity contribution in [2.45, 2.75) is 70.3 Å². The van der Waals surface area contributed by atoms with Crippen molar-refractivity contribution < 1.29 is 14.6 Å². The van der Waals surface area contributed by atoms with Crippen LogP contribution in [0.3, 0.4) is 0 Å². The minimum Gasteiger partial charge on any atom is -0.390 e. The summed E-state index contributed by atoms with van der Waals surface area (Å²) in [6, 6.07) is 10.7. The quantitative estimate of drug-likeness (QED) is 0.850. The SMILES string of the molecule is CC(NCCC1(O)CCC2(CC1)OCC(C)(C)CO2)c1ccccc1. The standard InChI is InChI=1S/C21H33NO3/c1-17(18-7-5-4-6-8-18)22-14-13-20(23)9-11-21(12-10-20)24-15-19(2,3)16-25-21/h4-8,17,22-23H,9-16H2,1-3H3. The molecule has 1 saturated heterocycles. The Bertz CT molecular complexity index is 538. The molecule has 2 aliphatic rings. The number of hydrogen-bond acceptors (Lipinski definition) is 4. The summed E-state index contributed by atoms with van der Waals surface area (Å²) in [5, 5.41) is 14.5. The van der Waals surface area contributed by atoms with Crippen molar-refractivity contribution in [3.05, 3.63) is 35.9 Å². The van der Waals surface area contributed by atoms with E-state index in [9.17, 15) is 5.11 Å². The summed E-state index contributed by atoms with van der Waals surface area (Å²) in [4.78, 5) is 0. The van der Waals surface area contributed by atoms with Crippen molar-refractivity contribution >= 4 is 0 Å². The second kappa shape index (κ2) is 7.36. The summed E-state index contributed by atoms with van der Waals surface area (Å²) in [6.07, 6.45) is 3.83. The smallest absolute Gasteiger partial charge is 0.168 e. The van der Waals surface area contributed by atoms with Gasteiger partial charge in [-0.25, -0.2) is 0 Å². The highest BCUT2D eigenvalue weighted by Gasteiger charge is 2.46. The fraction of sp³-hybridized carbons (Fsp3) is 0.714. The Morgan fingerprint density at radius 2 is 1.64 bits per heavy atom. The number of hydrogen-bond donors (Lipinski definition) is 2. The highest BCUT2D eigenvalue weighted by atomic mass is 16.7. The summed E-state index contributed by atoms with van der Waals surface area (Å²) in [6.45, 7) is 8.79. The molecule has 1 saturated carbocycles. The maximum Gasteiger partial charge on any atom is 0.168 e. The van der Waals surface area contributed by atoms with Crippen LogP contribution in [-0.4, -0.2) is 36.3 Å². The van der Waals surface area contributed by atoms with Crippen LogP contribution in [0.25, 0.3) is 0 Å². The van der Waals surface area contributed by atoms with Gasteiger partial charge in [0, 0.05) is 24.3 Å². The zero-order chi connectivity index (χ0) is 18.0. The molecular weight excluding hydrogens is 314 g/mol. The number of ether oxygens (including phenoxy) is 2. The molecule has 4 heteroatoms. The molecule has 1 heterocycles. The van der Waals surface area contributed by atoms with Gasteiger partial charge in [0.1, 0.15) is 0 Å². The Hall–Kier alpha value is -0.940. The van der Waals surface area contributed by atoms with E-state index >= 15 is 0 Å². The average Bonchev–Trinajstić information content (AvgIpc) is 2.61. The molecule has 1 aliphatic carbocycles. The average molecular weight is 347 g/mol. The fourth-order valence-electron chi connectivity index (χ4n) is 3.75. The van der Waals surface area contributed by atoms with E-state index in [0.29, 0.717) is 6.04 Å². The van der Waals surface area contributed by atoms with Gasteiger partial charge in [0.2, 0.25) is 0 Å². The molecule has 0 radical (unpaired) electrons. The minimum atomic E-state index is -0.603. The van der Waals surface area contributed by atoms with Crippen LogP contribution in [0.2, 0.25) is 0 Å². The van der Waals surface area contributed by atoms with Gasteiger partial charge in [0.05, 0.1) is 18.8 Å².